The molecule has 1 nitrogen and oxygen atoms in total. The molecule has 0 saturated carbocycles. The van der Waals surface area contributed by atoms with Crippen LogP contribution in [0.2, 0.25) is 10.0 Å². The zero-order valence-corrected chi connectivity index (χ0v) is 13.5. The summed E-state index contributed by atoms with van der Waals surface area (Å²) in [5.41, 5.74) is 0.566. The Hall–Kier alpha value is -0.680. The van der Waals surface area contributed by atoms with Gasteiger partial charge in [-0.2, -0.15) is 0 Å². The van der Waals surface area contributed by atoms with E-state index in [1.54, 1.807) is 25.2 Å². The van der Waals surface area contributed by atoms with Crippen LogP contribution in [-0.4, -0.2) is 7.05 Å². The molecule has 106 valence electrons. The molecule has 0 bridgehead atoms. The first-order valence-corrected chi connectivity index (χ1v) is 7.26. The maximum absolute atomic E-state index is 14.2. The first-order chi connectivity index (χ1) is 9.45. The summed E-state index contributed by atoms with van der Waals surface area (Å²) in [6.45, 7) is 0. The second kappa shape index (κ2) is 6.39. The lowest BCUT2D eigenvalue weighted by atomic mass is 9.98. The molecule has 0 amide bonds. The van der Waals surface area contributed by atoms with Crippen molar-refractivity contribution in [1.29, 1.82) is 0 Å². The fraction of sp³-hybridized carbons (Fsp3) is 0.143. The number of rotatable bonds is 3. The van der Waals surface area contributed by atoms with Gasteiger partial charge in [0, 0.05) is 20.6 Å². The van der Waals surface area contributed by atoms with Crippen molar-refractivity contribution in [2.24, 2.45) is 0 Å². The van der Waals surface area contributed by atoms with Gasteiger partial charge in [0.25, 0.3) is 0 Å². The standard InChI is InChI=1S/C14H10BrCl2F2N/c1-20-14(8-3-2-7(16)6-11(8)18)9-4-5-10(15)12(17)13(9)19/h2-6,14,20H,1H3. The highest BCUT2D eigenvalue weighted by atomic mass is 79.9. The fourth-order valence-corrected chi connectivity index (χ4v) is 2.62. The van der Waals surface area contributed by atoms with Crippen molar-refractivity contribution in [3.05, 3.63) is 67.6 Å². The van der Waals surface area contributed by atoms with Gasteiger partial charge in [0.1, 0.15) is 11.6 Å². The number of hydrogen-bond acceptors (Lipinski definition) is 1. The Morgan fingerprint density at radius 3 is 2.35 bits per heavy atom. The van der Waals surface area contributed by atoms with Gasteiger partial charge in [-0.25, -0.2) is 8.78 Å². The van der Waals surface area contributed by atoms with E-state index in [9.17, 15) is 8.78 Å². The van der Waals surface area contributed by atoms with Gasteiger partial charge in [-0.15, -0.1) is 0 Å². The van der Waals surface area contributed by atoms with Gasteiger partial charge >= 0.3 is 0 Å². The summed E-state index contributed by atoms with van der Waals surface area (Å²) in [5, 5.41) is 3.14. The van der Waals surface area contributed by atoms with Gasteiger partial charge < -0.3 is 5.32 Å². The average molecular weight is 381 g/mol. The lowest BCUT2D eigenvalue weighted by Crippen LogP contribution is -2.20. The zero-order chi connectivity index (χ0) is 14.9. The highest BCUT2D eigenvalue weighted by molar-refractivity contribution is 9.10. The van der Waals surface area contributed by atoms with Gasteiger partial charge in [0.05, 0.1) is 11.1 Å². The number of hydrogen-bond donors (Lipinski definition) is 1. The second-order valence-electron chi connectivity index (χ2n) is 4.15. The second-order valence-corrected chi connectivity index (χ2v) is 5.82. The molecule has 0 aliphatic heterocycles. The van der Waals surface area contributed by atoms with Crippen molar-refractivity contribution >= 4 is 39.1 Å². The molecule has 0 spiro atoms. The Labute approximate surface area is 134 Å². The summed E-state index contributed by atoms with van der Waals surface area (Å²) in [6, 6.07) is 6.80. The summed E-state index contributed by atoms with van der Waals surface area (Å²) in [5.74, 6) is -1.09. The number of benzene rings is 2. The minimum Gasteiger partial charge on any atom is -0.309 e. The largest absolute Gasteiger partial charge is 0.309 e. The van der Waals surface area contributed by atoms with E-state index in [2.05, 4.69) is 21.2 Å². The molecule has 0 saturated heterocycles. The monoisotopic (exact) mass is 379 g/mol. The molecule has 0 heterocycles. The Morgan fingerprint density at radius 2 is 1.75 bits per heavy atom. The van der Waals surface area contributed by atoms with E-state index in [1.807, 2.05) is 0 Å². The Kier molecular flexibility index (Phi) is 5.02. The molecule has 0 radical (unpaired) electrons. The molecule has 1 N–H and O–H groups in total. The Morgan fingerprint density at radius 1 is 1.10 bits per heavy atom. The predicted molar refractivity (Wildman–Crippen MR) is 81.4 cm³/mol. The molecule has 0 fully saturated rings. The van der Waals surface area contributed by atoms with E-state index in [0.717, 1.165) is 0 Å². The van der Waals surface area contributed by atoms with Crippen molar-refractivity contribution in [3.63, 3.8) is 0 Å². The summed E-state index contributed by atoms with van der Waals surface area (Å²) in [4.78, 5) is 0. The molecule has 1 atom stereocenters. The van der Waals surface area contributed by atoms with Crippen LogP contribution in [0.1, 0.15) is 17.2 Å². The topological polar surface area (TPSA) is 12.0 Å². The van der Waals surface area contributed by atoms with E-state index in [1.165, 1.54) is 12.1 Å². The van der Waals surface area contributed by atoms with Gasteiger partial charge in [-0.3, -0.25) is 0 Å². The van der Waals surface area contributed by atoms with E-state index >= 15 is 0 Å². The summed E-state index contributed by atoms with van der Waals surface area (Å²) in [7, 11) is 1.62. The van der Waals surface area contributed by atoms with Crippen LogP contribution in [-0.2, 0) is 0 Å². The quantitative estimate of drug-likeness (QED) is 0.708. The molecular formula is C14H10BrCl2F2N. The molecule has 2 aromatic rings. The highest BCUT2D eigenvalue weighted by Gasteiger charge is 2.22. The third kappa shape index (κ3) is 2.98. The smallest absolute Gasteiger partial charge is 0.148 e. The maximum Gasteiger partial charge on any atom is 0.148 e. The highest BCUT2D eigenvalue weighted by Crippen LogP contribution is 2.34. The van der Waals surface area contributed by atoms with Crippen molar-refractivity contribution < 1.29 is 8.78 Å². The van der Waals surface area contributed by atoms with Crippen molar-refractivity contribution in [2.45, 2.75) is 6.04 Å². The molecule has 1 unspecified atom stereocenters. The first-order valence-electron chi connectivity index (χ1n) is 5.71. The minimum absolute atomic E-state index is 0.0304. The van der Waals surface area contributed by atoms with Gasteiger partial charge in [-0.1, -0.05) is 35.3 Å². The normalized spacial score (nSPS) is 12.5. The molecule has 0 aliphatic carbocycles. The van der Waals surface area contributed by atoms with Crippen molar-refractivity contribution in [1.82, 2.24) is 5.32 Å². The lowest BCUT2D eigenvalue weighted by molar-refractivity contribution is 0.547. The zero-order valence-electron chi connectivity index (χ0n) is 10.4. The van der Waals surface area contributed by atoms with E-state index < -0.39 is 17.7 Å². The van der Waals surface area contributed by atoms with Gasteiger partial charge in [0.2, 0.25) is 0 Å². The van der Waals surface area contributed by atoms with E-state index in [4.69, 9.17) is 23.2 Å². The van der Waals surface area contributed by atoms with Crippen molar-refractivity contribution in [2.75, 3.05) is 7.05 Å². The van der Waals surface area contributed by atoms with Crippen LogP contribution in [0.4, 0.5) is 8.78 Å². The third-order valence-electron chi connectivity index (χ3n) is 2.94. The number of nitrogens with one attached hydrogen (secondary N) is 1. The maximum atomic E-state index is 14.2. The Bertz CT molecular complexity index is 649. The molecule has 6 heteroatoms. The molecule has 2 aromatic carbocycles. The van der Waals surface area contributed by atoms with Crippen molar-refractivity contribution in [3.8, 4) is 0 Å². The van der Waals surface area contributed by atoms with Crippen LogP contribution in [0.15, 0.2) is 34.8 Å². The van der Waals surface area contributed by atoms with Crippen LogP contribution in [0.25, 0.3) is 0 Å². The third-order valence-corrected chi connectivity index (χ3v) is 4.43. The van der Waals surface area contributed by atoms with E-state index in [-0.39, 0.29) is 15.6 Å². The first kappa shape index (κ1) is 15.7. The predicted octanol–water partition coefficient (Wildman–Crippen LogP) is 5.34. The van der Waals surface area contributed by atoms with Gasteiger partial charge in [0.15, 0.2) is 0 Å². The fourth-order valence-electron chi connectivity index (χ4n) is 1.98. The van der Waals surface area contributed by atoms with Crippen LogP contribution in [0.3, 0.4) is 0 Å². The summed E-state index contributed by atoms with van der Waals surface area (Å²) < 4.78 is 28.7. The summed E-state index contributed by atoms with van der Waals surface area (Å²) in [6.07, 6.45) is 0. The van der Waals surface area contributed by atoms with E-state index in [0.29, 0.717) is 10.0 Å². The molecular weight excluding hydrogens is 371 g/mol. The SMILES string of the molecule is CNC(c1ccc(Cl)cc1F)c1ccc(Br)c(Cl)c1F. The lowest BCUT2D eigenvalue weighted by Gasteiger charge is -2.19. The molecule has 0 aromatic heterocycles. The molecule has 20 heavy (non-hydrogen) atoms. The van der Waals surface area contributed by atoms with Gasteiger partial charge in [-0.05, 0) is 41.2 Å². The Balaban J connectivity index is 2.55. The number of halogens is 5. The molecule has 2 rings (SSSR count). The average Bonchev–Trinajstić information content (AvgIpc) is 2.41. The van der Waals surface area contributed by atoms with Crippen LogP contribution < -0.4 is 5.32 Å². The van der Waals surface area contributed by atoms with Crippen LogP contribution in [0, 0.1) is 11.6 Å². The molecule has 0 aliphatic rings. The minimum atomic E-state index is -0.655. The van der Waals surface area contributed by atoms with Crippen LogP contribution in [0.5, 0.6) is 0 Å². The summed E-state index contributed by atoms with van der Waals surface area (Å²) >= 11 is 14.7. The van der Waals surface area contributed by atoms with Crippen LogP contribution >= 0.6 is 39.1 Å².